The number of H-pyrrole nitrogens is 1. The van der Waals surface area contributed by atoms with Gasteiger partial charge < -0.3 is 15.2 Å². The molecule has 27 heavy (non-hydrogen) atoms. The number of carbonyl (C=O) groups excluding carboxylic acids is 1. The summed E-state index contributed by atoms with van der Waals surface area (Å²) in [6.45, 7) is 2.87. The lowest BCUT2D eigenvalue weighted by atomic mass is 10.1. The SMILES string of the molecule is O=C(CCc1nc2ccccc2[nH]1)NCc1ccc(N2CCCCC2)cc1. The molecule has 2 N–H and O–H groups in total. The number of amides is 1. The fourth-order valence-electron chi connectivity index (χ4n) is 3.62. The van der Waals surface area contributed by atoms with Crippen molar-refractivity contribution in [3.05, 3.63) is 59.9 Å². The number of fused-ring (bicyclic) bond motifs is 1. The average Bonchev–Trinajstić information content (AvgIpc) is 3.15. The van der Waals surface area contributed by atoms with E-state index < -0.39 is 0 Å². The molecule has 0 spiro atoms. The third kappa shape index (κ3) is 4.48. The standard InChI is InChI=1S/C22H26N4O/c27-22(13-12-21-24-19-6-2-3-7-20(19)25-21)23-16-17-8-10-18(11-9-17)26-14-4-1-5-15-26/h2-3,6-11H,1,4-5,12-16H2,(H,23,27)(H,24,25). The summed E-state index contributed by atoms with van der Waals surface area (Å²) >= 11 is 0. The molecule has 0 aliphatic carbocycles. The van der Waals surface area contributed by atoms with Gasteiger partial charge in [-0.2, -0.15) is 0 Å². The topological polar surface area (TPSA) is 61.0 Å². The van der Waals surface area contributed by atoms with Gasteiger partial charge >= 0.3 is 0 Å². The molecule has 0 radical (unpaired) electrons. The van der Waals surface area contributed by atoms with Crippen LogP contribution in [-0.4, -0.2) is 29.0 Å². The Morgan fingerprint density at radius 3 is 2.59 bits per heavy atom. The van der Waals surface area contributed by atoms with Gasteiger partial charge in [0.15, 0.2) is 0 Å². The number of piperidine rings is 1. The Morgan fingerprint density at radius 2 is 1.81 bits per heavy atom. The largest absolute Gasteiger partial charge is 0.372 e. The van der Waals surface area contributed by atoms with E-state index in [4.69, 9.17) is 0 Å². The van der Waals surface area contributed by atoms with Crippen molar-refractivity contribution in [1.82, 2.24) is 15.3 Å². The van der Waals surface area contributed by atoms with Crippen LogP contribution in [0.25, 0.3) is 11.0 Å². The Kier molecular flexibility index (Phi) is 5.37. The summed E-state index contributed by atoms with van der Waals surface area (Å²) in [6.07, 6.45) is 4.96. The van der Waals surface area contributed by atoms with E-state index in [0.29, 0.717) is 19.4 Å². The van der Waals surface area contributed by atoms with Gasteiger partial charge in [0.1, 0.15) is 5.82 Å². The van der Waals surface area contributed by atoms with Crippen LogP contribution in [0.4, 0.5) is 5.69 Å². The smallest absolute Gasteiger partial charge is 0.220 e. The van der Waals surface area contributed by atoms with Crippen molar-refractivity contribution in [2.45, 2.75) is 38.6 Å². The number of carbonyl (C=O) groups is 1. The lowest BCUT2D eigenvalue weighted by Crippen LogP contribution is -2.29. The van der Waals surface area contributed by atoms with E-state index in [2.05, 4.69) is 44.5 Å². The molecule has 4 rings (SSSR count). The number of para-hydroxylation sites is 2. The second-order valence-electron chi connectivity index (χ2n) is 7.19. The second kappa shape index (κ2) is 8.25. The molecule has 1 saturated heterocycles. The van der Waals surface area contributed by atoms with Crippen molar-refractivity contribution in [2.75, 3.05) is 18.0 Å². The van der Waals surface area contributed by atoms with E-state index in [-0.39, 0.29) is 5.91 Å². The molecule has 1 fully saturated rings. The highest BCUT2D eigenvalue weighted by Gasteiger charge is 2.11. The van der Waals surface area contributed by atoms with Crippen LogP contribution in [0.15, 0.2) is 48.5 Å². The third-order valence-corrected chi connectivity index (χ3v) is 5.17. The lowest BCUT2D eigenvalue weighted by Gasteiger charge is -2.28. The van der Waals surface area contributed by atoms with Crippen LogP contribution < -0.4 is 10.2 Å². The molecule has 140 valence electrons. The molecule has 0 atom stereocenters. The van der Waals surface area contributed by atoms with Gasteiger partial charge in [0, 0.05) is 38.2 Å². The van der Waals surface area contributed by atoms with E-state index in [9.17, 15) is 4.79 Å². The fourth-order valence-corrected chi connectivity index (χ4v) is 3.62. The zero-order valence-electron chi connectivity index (χ0n) is 15.6. The summed E-state index contributed by atoms with van der Waals surface area (Å²) in [5.41, 5.74) is 4.38. The molecule has 5 heteroatoms. The molecule has 1 aliphatic heterocycles. The average molecular weight is 362 g/mol. The van der Waals surface area contributed by atoms with Crippen LogP contribution in [0.5, 0.6) is 0 Å². The highest BCUT2D eigenvalue weighted by molar-refractivity contribution is 5.77. The maximum Gasteiger partial charge on any atom is 0.220 e. The summed E-state index contributed by atoms with van der Waals surface area (Å²) in [7, 11) is 0. The van der Waals surface area contributed by atoms with Crippen LogP contribution >= 0.6 is 0 Å². The summed E-state index contributed by atoms with van der Waals surface area (Å²) in [6, 6.07) is 16.5. The summed E-state index contributed by atoms with van der Waals surface area (Å²) < 4.78 is 0. The van der Waals surface area contributed by atoms with Gasteiger partial charge in [0.25, 0.3) is 0 Å². The Bertz CT molecular complexity index is 861. The zero-order valence-corrected chi connectivity index (χ0v) is 15.6. The first-order chi connectivity index (χ1) is 13.3. The van der Waals surface area contributed by atoms with Crippen molar-refractivity contribution in [1.29, 1.82) is 0 Å². The number of aromatic nitrogens is 2. The number of nitrogens with one attached hydrogen (secondary N) is 2. The number of imidazole rings is 1. The van der Waals surface area contributed by atoms with E-state index in [1.54, 1.807) is 0 Å². The van der Waals surface area contributed by atoms with E-state index in [1.165, 1.54) is 24.9 Å². The summed E-state index contributed by atoms with van der Waals surface area (Å²) in [4.78, 5) is 22.4. The number of nitrogens with zero attached hydrogens (tertiary/aromatic N) is 2. The highest BCUT2D eigenvalue weighted by atomic mass is 16.1. The van der Waals surface area contributed by atoms with E-state index >= 15 is 0 Å². The molecular formula is C22H26N4O. The Labute approximate surface area is 159 Å². The molecule has 0 unspecified atom stereocenters. The van der Waals surface area contributed by atoms with Gasteiger partial charge in [0.05, 0.1) is 11.0 Å². The first-order valence-corrected chi connectivity index (χ1v) is 9.82. The lowest BCUT2D eigenvalue weighted by molar-refractivity contribution is -0.121. The van der Waals surface area contributed by atoms with Crippen LogP contribution in [0.1, 0.15) is 37.1 Å². The van der Waals surface area contributed by atoms with Gasteiger partial charge in [0.2, 0.25) is 5.91 Å². The minimum atomic E-state index is 0.0514. The van der Waals surface area contributed by atoms with E-state index in [0.717, 1.165) is 35.5 Å². The summed E-state index contributed by atoms with van der Waals surface area (Å²) in [5.74, 6) is 0.910. The number of aromatic amines is 1. The monoisotopic (exact) mass is 362 g/mol. The van der Waals surface area contributed by atoms with Crippen molar-refractivity contribution < 1.29 is 4.79 Å². The van der Waals surface area contributed by atoms with Crippen LogP contribution in [0, 0.1) is 0 Å². The van der Waals surface area contributed by atoms with Gasteiger partial charge in [-0.25, -0.2) is 4.98 Å². The van der Waals surface area contributed by atoms with E-state index in [1.807, 2.05) is 24.3 Å². The van der Waals surface area contributed by atoms with Crippen LogP contribution in [0.3, 0.4) is 0 Å². The van der Waals surface area contributed by atoms with Crippen molar-refractivity contribution in [3.63, 3.8) is 0 Å². The number of hydrogen-bond donors (Lipinski definition) is 2. The number of rotatable bonds is 6. The number of hydrogen-bond acceptors (Lipinski definition) is 3. The van der Waals surface area contributed by atoms with Crippen LogP contribution in [-0.2, 0) is 17.8 Å². The first-order valence-electron chi connectivity index (χ1n) is 9.82. The van der Waals surface area contributed by atoms with Crippen molar-refractivity contribution >= 4 is 22.6 Å². The van der Waals surface area contributed by atoms with Gasteiger partial charge in [-0.3, -0.25) is 4.79 Å². The molecule has 1 aromatic heterocycles. The van der Waals surface area contributed by atoms with Gasteiger partial charge in [-0.15, -0.1) is 0 Å². The second-order valence-corrected chi connectivity index (χ2v) is 7.19. The molecule has 2 aromatic carbocycles. The predicted molar refractivity (Wildman–Crippen MR) is 109 cm³/mol. The first kappa shape index (κ1) is 17.6. The third-order valence-electron chi connectivity index (χ3n) is 5.17. The van der Waals surface area contributed by atoms with Crippen molar-refractivity contribution in [3.8, 4) is 0 Å². The minimum absolute atomic E-state index is 0.0514. The molecule has 1 amide bonds. The molecule has 5 nitrogen and oxygen atoms in total. The predicted octanol–water partition coefficient (Wildman–Crippen LogP) is 3.80. The van der Waals surface area contributed by atoms with Crippen LogP contribution in [0.2, 0.25) is 0 Å². The maximum absolute atomic E-state index is 12.2. The quantitative estimate of drug-likeness (QED) is 0.701. The number of benzene rings is 2. The molecular weight excluding hydrogens is 336 g/mol. The minimum Gasteiger partial charge on any atom is -0.372 e. The number of aryl methyl sites for hydroxylation is 1. The maximum atomic E-state index is 12.2. The number of anilines is 1. The zero-order chi connectivity index (χ0) is 18.5. The highest BCUT2D eigenvalue weighted by Crippen LogP contribution is 2.20. The Morgan fingerprint density at radius 1 is 1.04 bits per heavy atom. The normalized spacial score (nSPS) is 14.4. The van der Waals surface area contributed by atoms with Gasteiger partial charge in [-0.05, 0) is 49.1 Å². The van der Waals surface area contributed by atoms with Gasteiger partial charge in [-0.1, -0.05) is 24.3 Å². The molecule has 0 saturated carbocycles. The summed E-state index contributed by atoms with van der Waals surface area (Å²) in [5, 5.41) is 3.01. The van der Waals surface area contributed by atoms with Crippen molar-refractivity contribution in [2.24, 2.45) is 0 Å². The Hall–Kier alpha value is -2.82. The molecule has 2 heterocycles. The molecule has 3 aromatic rings. The molecule has 0 bridgehead atoms. The fraction of sp³-hybridized carbons (Fsp3) is 0.364. The molecule has 1 aliphatic rings. The Balaban J connectivity index is 1.25.